The second-order valence-corrected chi connectivity index (χ2v) is 7.20. The Morgan fingerprint density at radius 3 is 2.88 bits per heavy atom. The molecule has 1 saturated heterocycles. The van der Waals surface area contributed by atoms with E-state index < -0.39 is 0 Å². The zero-order valence-electron chi connectivity index (χ0n) is 15.6. The van der Waals surface area contributed by atoms with Gasteiger partial charge in [0.2, 0.25) is 5.91 Å². The van der Waals surface area contributed by atoms with E-state index in [9.17, 15) is 4.79 Å². The van der Waals surface area contributed by atoms with Crippen LogP contribution in [0.4, 0.5) is 0 Å². The Bertz CT molecular complexity index is 737. The highest BCUT2D eigenvalue weighted by Gasteiger charge is 2.23. The quantitative estimate of drug-likeness (QED) is 0.795. The van der Waals surface area contributed by atoms with Gasteiger partial charge in [-0.15, -0.1) is 0 Å². The standard InChI is InChI=1S/C20H28N4O2/c1-14-19(15(2)26-23-14)11-22-10-16-5-3-6-17(9-16)12-24-8-4-7-18(13-24)20(21)25/h3,5-6,9,18,22H,4,7-8,10-13H2,1-2H3,(H2,21,25)/t18-/m0/s1. The van der Waals surface area contributed by atoms with Gasteiger partial charge in [0.1, 0.15) is 5.76 Å². The van der Waals surface area contributed by atoms with Crippen molar-refractivity contribution in [3.63, 3.8) is 0 Å². The first-order chi connectivity index (χ1) is 12.5. The predicted molar refractivity (Wildman–Crippen MR) is 100 cm³/mol. The van der Waals surface area contributed by atoms with Gasteiger partial charge in [0.25, 0.3) is 0 Å². The summed E-state index contributed by atoms with van der Waals surface area (Å²) in [6, 6.07) is 8.60. The number of carbonyl (C=O) groups excluding carboxylic acids is 1. The largest absolute Gasteiger partial charge is 0.369 e. The average Bonchev–Trinajstić information content (AvgIpc) is 2.94. The van der Waals surface area contributed by atoms with Crippen molar-refractivity contribution in [2.75, 3.05) is 13.1 Å². The Balaban J connectivity index is 1.54. The number of nitrogens with two attached hydrogens (primary N) is 1. The summed E-state index contributed by atoms with van der Waals surface area (Å²) >= 11 is 0. The van der Waals surface area contributed by atoms with E-state index in [0.717, 1.165) is 62.6 Å². The fourth-order valence-electron chi connectivity index (χ4n) is 3.61. The molecule has 6 nitrogen and oxygen atoms in total. The number of primary amides is 1. The molecule has 0 unspecified atom stereocenters. The number of benzene rings is 1. The number of carbonyl (C=O) groups is 1. The molecule has 1 aliphatic rings. The van der Waals surface area contributed by atoms with Gasteiger partial charge in [-0.1, -0.05) is 29.4 Å². The van der Waals surface area contributed by atoms with E-state index in [2.05, 4.69) is 39.6 Å². The number of aryl methyl sites for hydroxylation is 2. The van der Waals surface area contributed by atoms with Crippen LogP contribution in [-0.4, -0.2) is 29.1 Å². The maximum absolute atomic E-state index is 11.4. The molecule has 0 radical (unpaired) electrons. The highest BCUT2D eigenvalue weighted by Crippen LogP contribution is 2.19. The molecular weight excluding hydrogens is 328 g/mol. The second kappa shape index (κ2) is 8.47. The van der Waals surface area contributed by atoms with E-state index in [0.29, 0.717) is 0 Å². The Labute approximate surface area is 154 Å². The third-order valence-electron chi connectivity index (χ3n) is 5.12. The lowest BCUT2D eigenvalue weighted by molar-refractivity contribution is -0.123. The summed E-state index contributed by atoms with van der Waals surface area (Å²) in [5.74, 6) is 0.688. The van der Waals surface area contributed by atoms with E-state index in [1.807, 2.05) is 13.8 Å². The first kappa shape index (κ1) is 18.6. The lowest BCUT2D eigenvalue weighted by Gasteiger charge is -2.31. The molecule has 26 heavy (non-hydrogen) atoms. The minimum atomic E-state index is -0.174. The molecule has 1 fully saturated rings. The van der Waals surface area contributed by atoms with Crippen LogP contribution in [0.5, 0.6) is 0 Å². The summed E-state index contributed by atoms with van der Waals surface area (Å²) in [5, 5.41) is 7.45. The van der Waals surface area contributed by atoms with Gasteiger partial charge in [-0.2, -0.15) is 0 Å². The van der Waals surface area contributed by atoms with Crippen LogP contribution in [0.25, 0.3) is 0 Å². The summed E-state index contributed by atoms with van der Waals surface area (Å²) in [7, 11) is 0. The summed E-state index contributed by atoms with van der Waals surface area (Å²) in [6.07, 6.45) is 1.95. The van der Waals surface area contributed by atoms with Crippen LogP contribution in [0.15, 0.2) is 28.8 Å². The molecule has 0 spiro atoms. The van der Waals surface area contributed by atoms with Crippen LogP contribution in [0.3, 0.4) is 0 Å². The average molecular weight is 356 g/mol. The molecule has 3 rings (SSSR count). The Kier molecular flexibility index (Phi) is 6.06. The highest BCUT2D eigenvalue weighted by molar-refractivity contribution is 5.76. The van der Waals surface area contributed by atoms with E-state index in [1.165, 1.54) is 11.1 Å². The van der Waals surface area contributed by atoms with Crippen LogP contribution in [-0.2, 0) is 24.4 Å². The van der Waals surface area contributed by atoms with Crippen molar-refractivity contribution >= 4 is 5.91 Å². The number of amides is 1. The van der Waals surface area contributed by atoms with Gasteiger partial charge in [-0.3, -0.25) is 9.69 Å². The normalized spacial score (nSPS) is 18.2. The van der Waals surface area contributed by atoms with Gasteiger partial charge >= 0.3 is 0 Å². The number of likely N-dealkylation sites (tertiary alicyclic amines) is 1. The fourth-order valence-corrected chi connectivity index (χ4v) is 3.61. The number of nitrogens with zero attached hydrogens (tertiary/aromatic N) is 2. The lowest BCUT2D eigenvalue weighted by atomic mass is 9.97. The third-order valence-corrected chi connectivity index (χ3v) is 5.12. The zero-order chi connectivity index (χ0) is 18.5. The van der Waals surface area contributed by atoms with Crippen LogP contribution < -0.4 is 11.1 Å². The van der Waals surface area contributed by atoms with Gasteiger partial charge in [0.15, 0.2) is 0 Å². The van der Waals surface area contributed by atoms with E-state index in [-0.39, 0.29) is 11.8 Å². The molecule has 1 amide bonds. The molecule has 0 saturated carbocycles. The molecule has 140 valence electrons. The zero-order valence-corrected chi connectivity index (χ0v) is 15.6. The van der Waals surface area contributed by atoms with E-state index in [4.69, 9.17) is 10.3 Å². The number of hydrogen-bond donors (Lipinski definition) is 2. The molecule has 1 aromatic heterocycles. The molecule has 1 atom stereocenters. The Morgan fingerprint density at radius 2 is 2.15 bits per heavy atom. The number of aromatic nitrogens is 1. The maximum Gasteiger partial charge on any atom is 0.221 e. The monoisotopic (exact) mass is 356 g/mol. The van der Waals surface area contributed by atoms with E-state index >= 15 is 0 Å². The van der Waals surface area contributed by atoms with Crippen molar-refractivity contribution in [1.82, 2.24) is 15.4 Å². The first-order valence-electron chi connectivity index (χ1n) is 9.25. The van der Waals surface area contributed by atoms with Crippen molar-refractivity contribution in [3.05, 3.63) is 52.4 Å². The van der Waals surface area contributed by atoms with Gasteiger partial charge < -0.3 is 15.6 Å². The smallest absolute Gasteiger partial charge is 0.221 e. The van der Waals surface area contributed by atoms with Gasteiger partial charge in [-0.05, 0) is 44.4 Å². The molecule has 2 aromatic rings. The summed E-state index contributed by atoms with van der Waals surface area (Å²) in [5.41, 5.74) is 10.1. The first-order valence-corrected chi connectivity index (χ1v) is 9.25. The van der Waals surface area contributed by atoms with Crippen LogP contribution in [0.1, 0.15) is 41.0 Å². The van der Waals surface area contributed by atoms with Gasteiger partial charge in [0, 0.05) is 31.7 Å². The highest BCUT2D eigenvalue weighted by atomic mass is 16.5. The van der Waals surface area contributed by atoms with Crippen molar-refractivity contribution < 1.29 is 9.32 Å². The van der Waals surface area contributed by atoms with Crippen LogP contribution in [0, 0.1) is 19.8 Å². The Hall–Kier alpha value is -2.18. The number of rotatable bonds is 7. The summed E-state index contributed by atoms with van der Waals surface area (Å²) in [6.45, 7) is 8.10. The molecule has 1 aromatic carbocycles. The fraction of sp³-hybridized carbons (Fsp3) is 0.500. The molecule has 3 N–H and O–H groups in total. The molecule has 0 bridgehead atoms. The van der Waals surface area contributed by atoms with Crippen molar-refractivity contribution in [1.29, 1.82) is 0 Å². The minimum Gasteiger partial charge on any atom is -0.369 e. The van der Waals surface area contributed by atoms with Crippen LogP contribution in [0.2, 0.25) is 0 Å². The predicted octanol–water partition coefficient (Wildman–Crippen LogP) is 2.28. The summed E-state index contributed by atoms with van der Waals surface area (Å²) < 4.78 is 5.20. The summed E-state index contributed by atoms with van der Waals surface area (Å²) in [4.78, 5) is 13.8. The number of hydrogen-bond acceptors (Lipinski definition) is 5. The number of nitrogens with one attached hydrogen (secondary N) is 1. The Morgan fingerprint density at radius 1 is 1.35 bits per heavy atom. The number of piperidine rings is 1. The third kappa shape index (κ3) is 4.71. The van der Waals surface area contributed by atoms with Crippen molar-refractivity contribution in [2.45, 2.75) is 46.3 Å². The second-order valence-electron chi connectivity index (χ2n) is 7.20. The molecule has 1 aliphatic heterocycles. The molecule has 6 heteroatoms. The van der Waals surface area contributed by atoms with Crippen LogP contribution >= 0.6 is 0 Å². The topological polar surface area (TPSA) is 84.4 Å². The van der Waals surface area contributed by atoms with Crippen molar-refractivity contribution in [3.8, 4) is 0 Å². The SMILES string of the molecule is Cc1noc(C)c1CNCc1cccc(CN2CCC[C@H](C(N)=O)C2)c1. The van der Waals surface area contributed by atoms with E-state index in [1.54, 1.807) is 0 Å². The van der Waals surface area contributed by atoms with Gasteiger partial charge in [-0.25, -0.2) is 0 Å². The van der Waals surface area contributed by atoms with Gasteiger partial charge in [0.05, 0.1) is 11.6 Å². The maximum atomic E-state index is 11.4. The lowest BCUT2D eigenvalue weighted by Crippen LogP contribution is -2.40. The minimum absolute atomic E-state index is 0.0105. The van der Waals surface area contributed by atoms with Crippen molar-refractivity contribution in [2.24, 2.45) is 11.7 Å². The molecule has 0 aliphatic carbocycles. The molecule has 2 heterocycles. The molecular formula is C20H28N4O2.